The van der Waals surface area contributed by atoms with Gasteiger partial charge in [0.2, 0.25) is 5.76 Å². The summed E-state index contributed by atoms with van der Waals surface area (Å²) in [6.07, 6.45) is 5.75. The average Bonchev–Trinajstić information content (AvgIpc) is 2.68. The smallest absolute Gasteiger partial charge is 0.374 e. The standard InChI is InChI=1S/C10H13NO4/c12-10(13)8-6-9(11-15-8)14-7-4-2-1-3-5-7/h6-7H,1-5H2,(H,12,13). The van der Waals surface area contributed by atoms with E-state index in [1.54, 1.807) is 0 Å². The average molecular weight is 211 g/mol. The van der Waals surface area contributed by atoms with E-state index < -0.39 is 5.97 Å². The van der Waals surface area contributed by atoms with Crippen molar-refractivity contribution >= 4 is 5.97 Å². The number of aromatic carboxylic acids is 1. The second kappa shape index (κ2) is 4.33. The van der Waals surface area contributed by atoms with Gasteiger partial charge in [-0.25, -0.2) is 4.79 Å². The van der Waals surface area contributed by atoms with E-state index in [0.29, 0.717) is 0 Å². The lowest BCUT2D eigenvalue weighted by Gasteiger charge is -2.20. The number of hydrogen-bond acceptors (Lipinski definition) is 4. The summed E-state index contributed by atoms with van der Waals surface area (Å²) in [5.74, 6) is -1.03. The summed E-state index contributed by atoms with van der Waals surface area (Å²) in [6.45, 7) is 0. The molecule has 5 heteroatoms. The normalized spacial score (nSPS) is 17.6. The third-order valence-electron chi connectivity index (χ3n) is 2.54. The third kappa shape index (κ3) is 2.49. The number of rotatable bonds is 3. The second-order valence-electron chi connectivity index (χ2n) is 3.71. The Labute approximate surface area is 87.0 Å². The molecule has 2 rings (SSSR count). The SMILES string of the molecule is O=C(O)c1cc(OC2CCCCC2)no1. The molecular weight excluding hydrogens is 198 g/mol. The maximum absolute atomic E-state index is 10.5. The maximum Gasteiger partial charge on any atom is 0.374 e. The van der Waals surface area contributed by atoms with Gasteiger partial charge in [-0.2, -0.15) is 0 Å². The van der Waals surface area contributed by atoms with Gasteiger partial charge in [-0.1, -0.05) is 6.42 Å². The molecule has 1 aromatic heterocycles. The fourth-order valence-electron chi connectivity index (χ4n) is 1.77. The molecule has 0 saturated heterocycles. The summed E-state index contributed by atoms with van der Waals surface area (Å²) >= 11 is 0. The first-order valence-electron chi connectivity index (χ1n) is 5.12. The molecule has 15 heavy (non-hydrogen) atoms. The van der Waals surface area contributed by atoms with Crippen molar-refractivity contribution in [2.75, 3.05) is 0 Å². The molecule has 5 nitrogen and oxygen atoms in total. The molecule has 0 unspecified atom stereocenters. The minimum Gasteiger partial charge on any atom is -0.475 e. The lowest BCUT2D eigenvalue weighted by Crippen LogP contribution is -2.19. The summed E-state index contributed by atoms with van der Waals surface area (Å²) in [6, 6.07) is 1.32. The van der Waals surface area contributed by atoms with Crippen LogP contribution in [0.2, 0.25) is 0 Å². The van der Waals surface area contributed by atoms with Gasteiger partial charge in [-0.3, -0.25) is 0 Å². The predicted molar refractivity (Wildman–Crippen MR) is 51.0 cm³/mol. The van der Waals surface area contributed by atoms with Crippen LogP contribution in [0.5, 0.6) is 5.88 Å². The van der Waals surface area contributed by atoms with Crippen molar-refractivity contribution in [2.24, 2.45) is 0 Å². The fraction of sp³-hybridized carbons (Fsp3) is 0.600. The highest BCUT2D eigenvalue weighted by Gasteiger charge is 2.18. The Morgan fingerprint density at radius 2 is 2.20 bits per heavy atom. The number of ether oxygens (including phenoxy) is 1. The molecule has 0 aromatic carbocycles. The summed E-state index contributed by atoms with van der Waals surface area (Å²) in [4.78, 5) is 10.5. The zero-order valence-electron chi connectivity index (χ0n) is 8.31. The van der Waals surface area contributed by atoms with E-state index in [1.807, 2.05) is 0 Å². The molecule has 1 aliphatic carbocycles. The fourth-order valence-corrected chi connectivity index (χ4v) is 1.77. The minimum atomic E-state index is -1.12. The van der Waals surface area contributed by atoms with Gasteiger partial charge < -0.3 is 14.4 Å². The predicted octanol–water partition coefficient (Wildman–Crippen LogP) is 2.08. The van der Waals surface area contributed by atoms with E-state index in [0.717, 1.165) is 25.7 Å². The highest BCUT2D eigenvalue weighted by Crippen LogP contribution is 2.22. The van der Waals surface area contributed by atoms with Crippen LogP contribution >= 0.6 is 0 Å². The topological polar surface area (TPSA) is 72.6 Å². The first-order valence-corrected chi connectivity index (χ1v) is 5.12. The van der Waals surface area contributed by atoms with Crippen LogP contribution in [0.4, 0.5) is 0 Å². The van der Waals surface area contributed by atoms with E-state index in [9.17, 15) is 4.79 Å². The van der Waals surface area contributed by atoms with Crippen LogP contribution in [-0.2, 0) is 0 Å². The quantitative estimate of drug-likeness (QED) is 0.828. The van der Waals surface area contributed by atoms with Crippen LogP contribution in [0.1, 0.15) is 42.7 Å². The molecule has 1 heterocycles. The van der Waals surface area contributed by atoms with Crippen molar-refractivity contribution in [3.8, 4) is 5.88 Å². The molecule has 0 bridgehead atoms. The van der Waals surface area contributed by atoms with Crippen molar-refractivity contribution < 1.29 is 19.2 Å². The minimum absolute atomic E-state index is 0.158. The van der Waals surface area contributed by atoms with E-state index in [2.05, 4.69) is 9.68 Å². The van der Waals surface area contributed by atoms with Crippen LogP contribution in [0.3, 0.4) is 0 Å². The largest absolute Gasteiger partial charge is 0.475 e. The van der Waals surface area contributed by atoms with Crippen molar-refractivity contribution in [3.63, 3.8) is 0 Å². The van der Waals surface area contributed by atoms with Gasteiger partial charge in [-0.05, 0) is 30.8 Å². The van der Waals surface area contributed by atoms with E-state index >= 15 is 0 Å². The summed E-state index contributed by atoms with van der Waals surface area (Å²) < 4.78 is 10.1. The van der Waals surface area contributed by atoms with Crippen LogP contribution in [-0.4, -0.2) is 22.3 Å². The first kappa shape index (κ1) is 10.0. The van der Waals surface area contributed by atoms with E-state index in [4.69, 9.17) is 9.84 Å². The zero-order valence-corrected chi connectivity index (χ0v) is 8.31. The number of hydrogen-bond donors (Lipinski definition) is 1. The van der Waals surface area contributed by atoms with Crippen LogP contribution in [0.15, 0.2) is 10.6 Å². The molecule has 0 radical (unpaired) electrons. The van der Waals surface area contributed by atoms with Crippen LogP contribution < -0.4 is 4.74 Å². The van der Waals surface area contributed by atoms with Crippen molar-refractivity contribution in [1.29, 1.82) is 0 Å². The Hall–Kier alpha value is -1.52. The van der Waals surface area contributed by atoms with Gasteiger partial charge >= 0.3 is 5.97 Å². The monoisotopic (exact) mass is 211 g/mol. The molecule has 1 N–H and O–H groups in total. The molecule has 1 aliphatic rings. The number of carboxylic acid groups (broad SMARTS) is 1. The molecule has 0 atom stereocenters. The number of carbonyl (C=O) groups is 1. The molecule has 82 valence electrons. The summed E-state index contributed by atoms with van der Waals surface area (Å²) in [7, 11) is 0. The van der Waals surface area contributed by atoms with Crippen molar-refractivity contribution in [3.05, 3.63) is 11.8 Å². The molecule has 0 amide bonds. The van der Waals surface area contributed by atoms with Crippen molar-refractivity contribution in [2.45, 2.75) is 38.2 Å². The van der Waals surface area contributed by atoms with Gasteiger partial charge in [-0.15, -0.1) is 0 Å². The number of nitrogens with zero attached hydrogens (tertiary/aromatic N) is 1. The van der Waals surface area contributed by atoms with E-state index in [1.165, 1.54) is 12.5 Å². The van der Waals surface area contributed by atoms with Gasteiger partial charge in [0.25, 0.3) is 5.88 Å². The number of carboxylic acids is 1. The molecule has 0 spiro atoms. The van der Waals surface area contributed by atoms with Crippen LogP contribution in [0, 0.1) is 0 Å². The molecule has 1 fully saturated rings. The van der Waals surface area contributed by atoms with Gasteiger partial charge in [0.15, 0.2) is 0 Å². The molecule has 0 aliphatic heterocycles. The Balaban J connectivity index is 1.94. The molecule has 1 aromatic rings. The van der Waals surface area contributed by atoms with Gasteiger partial charge in [0.1, 0.15) is 6.10 Å². The van der Waals surface area contributed by atoms with E-state index in [-0.39, 0.29) is 17.7 Å². The third-order valence-corrected chi connectivity index (χ3v) is 2.54. The number of aromatic nitrogens is 1. The highest BCUT2D eigenvalue weighted by atomic mass is 16.5. The second-order valence-corrected chi connectivity index (χ2v) is 3.71. The van der Waals surface area contributed by atoms with Gasteiger partial charge in [0, 0.05) is 0 Å². The molecule has 1 saturated carbocycles. The van der Waals surface area contributed by atoms with Crippen LogP contribution in [0.25, 0.3) is 0 Å². The van der Waals surface area contributed by atoms with Gasteiger partial charge in [0.05, 0.1) is 6.07 Å². The maximum atomic E-state index is 10.5. The highest BCUT2D eigenvalue weighted by molar-refractivity contribution is 5.84. The summed E-state index contributed by atoms with van der Waals surface area (Å²) in [5, 5.41) is 12.2. The lowest BCUT2D eigenvalue weighted by atomic mass is 9.98. The summed E-state index contributed by atoms with van der Waals surface area (Å²) in [5.41, 5.74) is 0. The Morgan fingerprint density at radius 1 is 1.47 bits per heavy atom. The van der Waals surface area contributed by atoms with Crippen molar-refractivity contribution in [1.82, 2.24) is 5.16 Å². The zero-order chi connectivity index (χ0) is 10.7. The lowest BCUT2D eigenvalue weighted by molar-refractivity contribution is 0.0651. The Kier molecular flexibility index (Phi) is 2.89. The first-order chi connectivity index (χ1) is 7.25. The Morgan fingerprint density at radius 3 is 2.80 bits per heavy atom. The molecular formula is C10H13NO4. The Bertz CT molecular complexity index is 341.